The molecule has 148 valence electrons. The van der Waals surface area contributed by atoms with Gasteiger partial charge in [0.15, 0.2) is 0 Å². The van der Waals surface area contributed by atoms with Gasteiger partial charge in [-0.25, -0.2) is 8.42 Å². The monoisotopic (exact) mass is 426 g/mol. The highest BCUT2D eigenvalue weighted by Crippen LogP contribution is 2.25. The lowest BCUT2D eigenvalue weighted by Gasteiger charge is -2.23. The van der Waals surface area contributed by atoms with Gasteiger partial charge in [-0.3, -0.25) is 9.10 Å². The molecular formula is C22H19ClN2O3S. The summed E-state index contributed by atoms with van der Waals surface area (Å²) in [5, 5.41) is 3.09. The third kappa shape index (κ3) is 4.67. The van der Waals surface area contributed by atoms with Gasteiger partial charge in [0, 0.05) is 5.56 Å². The minimum atomic E-state index is -3.90. The third-order valence-electron chi connectivity index (χ3n) is 4.15. The molecule has 3 aromatic rings. The van der Waals surface area contributed by atoms with Gasteiger partial charge in [0.25, 0.3) is 15.9 Å². The molecule has 0 saturated heterocycles. The molecule has 3 aromatic carbocycles. The van der Waals surface area contributed by atoms with Gasteiger partial charge in [-0.2, -0.15) is 0 Å². The molecule has 0 aromatic heterocycles. The standard InChI is InChI=1S/C22H19ClN2O3S/c1-2-15-25(18-10-4-3-5-11-18)29(27,28)19-12-8-9-17(16-19)22(26)24-21-14-7-6-13-20(21)23/h2-14,16H,1,15H2,(H,24,26). The van der Waals surface area contributed by atoms with E-state index in [9.17, 15) is 13.2 Å². The van der Waals surface area contributed by atoms with Crippen LogP contribution in [0, 0.1) is 0 Å². The number of halogens is 1. The van der Waals surface area contributed by atoms with Crippen molar-refractivity contribution in [3.63, 3.8) is 0 Å². The van der Waals surface area contributed by atoms with Crippen molar-refractivity contribution in [1.29, 1.82) is 0 Å². The van der Waals surface area contributed by atoms with E-state index in [-0.39, 0.29) is 17.0 Å². The van der Waals surface area contributed by atoms with Crippen molar-refractivity contribution in [3.8, 4) is 0 Å². The van der Waals surface area contributed by atoms with E-state index >= 15 is 0 Å². The molecule has 0 fully saturated rings. The first-order valence-corrected chi connectivity index (χ1v) is 10.6. The lowest BCUT2D eigenvalue weighted by molar-refractivity contribution is 0.102. The summed E-state index contributed by atoms with van der Waals surface area (Å²) in [6.45, 7) is 3.75. The van der Waals surface area contributed by atoms with Crippen LogP contribution in [0.15, 0.2) is 96.4 Å². The molecule has 0 aliphatic rings. The Labute approximate surface area is 175 Å². The molecule has 0 bridgehead atoms. The molecule has 1 N–H and O–H groups in total. The van der Waals surface area contributed by atoms with E-state index in [2.05, 4.69) is 11.9 Å². The summed E-state index contributed by atoms with van der Waals surface area (Å²) >= 11 is 6.08. The van der Waals surface area contributed by atoms with Gasteiger partial charge in [-0.15, -0.1) is 6.58 Å². The number of nitrogens with one attached hydrogen (secondary N) is 1. The predicted molar refractivity (Wildman–Crippen MR) is 117 cm³/mol. The topological polar surface area (TPSA) is 66.5 Å². The molecule has 0 unspecified atom stereocenters. The number of hydrogen-bond acceptors (Lipinski definition) is 3. The zero-order chi connectivity index (χ0) is 20.9. The number of carbonyl (C=O) groups excluding carboxylic acids is 1. The minimum Gasteiger partial charge on any atom is -0.321 e. The first-order chi connectivity index (χ1) is 13.9. The highest BCUT2D eigenvalue weighted by atomic mass is 35.5. The first-order valence-electron chi connectivity index (χ1n) is 8.78. The number of benzene rings is 3. The molecular weight excluding hydrogens is 408 g/mol. The van der Waals surface area contributed by atoms with Crippen LogP contribution >= 0.6 is 11.6 Å². The molecule has 0 saturated carbocycles. The molecule has 0 aliphatic carbocycles. The van der Waals surface area contributed by atoms with Crippen LogP contribution in [0.4, 0.5) is 11.4 Å². The van der Waals surface area contributed by atoms with Crippen LogP contribution in [0.5, 0.6) is 0 Å². The van der Waals surface area contributed by atoms with Crippen molar-refractivity contribution < 1.29 is 13.2 Å². The summed E-state index contributed by atoms with van der Waals surface area (Å²) in [4.78, 5) is 12.6. The Kier molecular flexibility index (Phi) is 6.36. The number of carbonyl (C=O) groups is 1. The van der Waals surface area contributed by atoms with Crippen LogP contribution < -0.4 is 9.62 Å². The maximum absolute atomic E-state index is 13.2. The highest BCUT2D eigenvalue weighted by molar-refractivity contribution is 7.92. The molecule has 7 heteroatoms. The Morgan fingerprint density at radius 2 is 1.69 bits per heavy atom. The molecule has 0 heterocycles. The Morgan fingerprint density at radius 1 is 1.00 bits per heavy atom. The second-order valence-corrected chi connectivity index (χ2v) is 8.39. The van der Waals surface area contributed by atoms with Crippen LogP contribution in [0.3, 0.4) is 0 Å². The summed E-state index contributed by atoms with van der Waals surface area (Å²) in [6.07, 6.45) is 1.51. The van der Waals surface area contributed by atoms with Crippen molar-refractivity contribution >= 4 is 38.9 Å². The molecule has 0 spiro atoms. The van der Waals surface area contributed by atoms with Gasteiger partial charge < -0.3 is 5.32 Å². The third-order valence-corrected chi connectivity index (χ3v) is 6.26. The van der Waals surface area contributed by atoms with Crippen LogP contribution in [0.25, 0.3) is 0 Å². The fraction of sp³-hybridized carbons (Fsp3) is 0.0455. The molecule has 1 amide bonds. The zero-order valence-corrected chi connectivity index (χ0v) is 17.0. The van der Waals surface area contributed by atoms with E-state index in [1.807, 2.05) is 6.07 Å². The van der Waals surface area contributed by atoms with Gasteiger partial charge in [0.1, 0.15) is 0 Å². The Balaban J connectivity index is 1.94. The zero-order valence-electron chi connectivity index (χ0n) is 15.5. The molecule has 0 atom stereocenters. The first kappa shape index (κ1) is 20.6. The maximum atomic E-state index is 13.2. The Hall–Kier alpha value is -3.09. The molecule has 3 rings (SSSR count). The van der Waals surface area contributed by atoms with E-state index < -0.39 is 15.9 Å². The molecule has 5 nitrogen and oxygen atoms in total. The van der Waals surface area contributed by atoms with Crippen LogP contribution in [-0.4, -0.2) is 20.9 Å². The second-order valence-electron chi connectivity index (χ2n) is 6.12. The van der Waals surface area contributed by atoms with Crippen molar-refractivity contribution in [2.75, 3.05) is 16.2 Å². The number of amides is 1. The lowest BCUT2D eigenvalue weighted by Crippen LogP contribution is -2.31. The van der Waals surface area contributed by atoms with Crippen LogP contribution in [0.2, 0.25) is 5.02 Å². The SMILES string of the molecule is C=CCN(c1ccccc1)S(=O)(=O)c1cccc(C(=O)Nc2ccccc2Cl)c1. The van der Waals surface area contributed by atoms with Crippen molar-refractivity contribution in [3.05, 3.63) is 102 Å². The van der Waals surface area contributed by atoms with Gasteiger partial charge >= 0.3 is 0 Å². The fourth-order valence-electron chi connectivity index (χ4n) is 2.74. The quantitative estimate of drug-likeness (QED) is 0.542. The van der Waals surface area contributed by atoms with Gasteiger partial charge in [-0.05, 0) is 42.5 Å². The summed E-state index contributed by atoms with van der Waals surface area (Å²) in [6, 6.07) is 21.4. The highest BCUT2D eigenvalue weighted by Gasteiger charge is 2.25. The minimum absolute atomic E-state index is 0.00927. The van der Waals surface area contributed by atoms with E-state index in [0.717, 1.165) is 0 Å². The van der Waals surface area contributed by atoms with Crippen molar-refractivity contribution in [1.82, 2.24) is 0 Å². The number of hydrogen-bond donors (Lipinski definition) is 1. The summed E-state index contributed by atoms with van der Waals surface area (Å²) in [7, 11) is -3.90. The largest absolute Gasteiger partial charge is 0.321 e. The Morgan fingerprint density at radius 3 is 2.38 bits per heavy atom. The van der Waals surface area contributed by atoms with Gasteiger partial charge in [0.05, 0.1) is 27.8 Å². The van der Waals surface area contributed by atoms with Gasteiger partial charge in [0.2, 0.25) is 0 Å². The van der Waals surface area contributed by atoms with Gasteiger partial charge in [-0.1, -0.05) is 54.1 Å². The number of sulfonamides is 1. The fourth-order valence-corrected chi connectivity index (χ4v) is 4.40. The predicted octanol–water partition coefficient (Wildman–Crippen LogP) is 4.97. The number of para-hydroxylation sites is 2. The molecule has 0 radical (unpaired) electrons. The smallest absolute Gasteiger partial charge is 0.264 e. The lowest BCUT2D eigenvalue weighted by atomic mass is 10.2. The summed E-state index contributed by atoms with van der Waals surface area (Å²) in [5.74, 6) is -0.454. The van der Waals surface area contributed by atoms with E-state index in [1.54, 1.807) is 54.6 Å². The average Bonchev–Trinajstić information content (AvgIpc) is 2.74. The number of nitrogens with zero attached hydrogens (tertiary/aromatic N) is 1. The normalized spacial score (nSPS) is 10.9. The average molecular weight is 427 g/mol. The molecule has 29 heavy (non-hydrogen) atoms. The van der Waals surface area contributed by atoms with Crippen molar-refractivity contribution in [2.45, 2.75) is 4.90 Å². The van der Waals surface area contributed by atoms with E-state index in [1.165, 1.54) is 28.6 Å². The van der Waals surface area contributed by atoms with Crippen LogP contribution in [-0.2, 0) is 10.0 Å². The van der Waals surface area contributed by atoms with Crippen molar-refractivity contribution in [2.24, 2.45) is 0 Å². The molecule has 0 aliphatic heterocycles. The Bertz CT molecular complexity index is 1130. The second kappa shape index (κ2) is 8.94. The number of anilines is 2. The number of rotatable bonds is 7. The summed E-state index contributed by atoms with van der Waals surface area (Å²) < 4.78 is 27.7. The van der Waals surface area contributed by atoms with Crippen LogP contribution in [0.1, 0.15) is 10.4 Å². The van der Waals surface area contributed by atoms with E-state index in [0.29, 0.717) is 16.4 Å². The van der Waals surface area contributed by atoms with E-state index in [4.69, 9.17) is 11.6 Å². The maximum Gasteiger partial charge on any atom is 0.264 e. The summed E-state index contributed by atoms with van der Waals surface area (Å²) in [5.41, 5.74) is 1.17.